The van der Waals surface area contributed by atoms with E-state index < -0.39 is 0 Å². The fourth-order valence-corrected chi connectivity index (χ4v) is 3.94. The zero-order valence-corrected chi connectivity index (χ0v) is 15.4. The second-order valence-corrected chi connectivity index (χ2v) is 7.41. The maximum Gasteiger partial charge on any atom is 0.139 e. The summed E-state index contributed by atoms with van der Waals surface area (Å²) in [6, 6.07) is 10.1. The molecule has 6 heteroatoms. The molecule has 4 N–H and O–H groups in total. The second kappa shape index (κ2) is 7.91. The predicted molar refractivity (Wildman–Crippen MR) is 104 cm³/mol. The summed E-state index contributed by atoms with van der Waals surface area (Å²) in [5, 5.41) is 14.3. The molecule has 0 fully saturated rings. The molecule has 0 saturated heterocycles. The lowest BCUT2D eigenvalue weighted by Gasteiger charge is -2.18. The van der Waals surface area contributed by atoms with E-state index in [9.17, 15) is 5.11 Å². The van der Waals surface area contributed by atoms with Gasteiger partial charge in [-0.3, -0.25) is 0 Å². The molecule has 0 unspecified atom stereocenters. The number of aliphatic hydroxyl groups excluding tert-OH is 1. The van der Waals surface area contributed by atoms with Crippen LogP contribution in [-0.4, -0.2) is 34.3 Å². The van der Waals surface area contributed by atoms with E-state index in [1.54, 1.807) is 11.3 Å². The highest BCUT2D eigenvalue weighted by molar-refractivity contribution is 7.18. The second-order valence-electron chi connectivity index (χ2n) is 6.20. The van der Waals surface area contributed by atoms with Gasteiger partial charge in [-0.15, -0.1) is 11.3 Å². The number of nitrogens with zero attached hydrogens (tertiary/aromatic N) is 2. The summed E-state index contributed by atoms with van der Waals surface area (Å²) in [6.07, 6.45) is 1.38. The lowest BCUT2D eigenvalue weighted by molar-refractivity contribution is 0.273. The first-order valence-electron chi connectivity index (χ1n) is 8.50. The number of aryl methyl sites for hydroxylation is 2. The van der Waals surface area contributed by atoms with Crippen LogP contribution in [0.15, 0.2) is 30.3 Å². The van der Waals surface area contributed by atoms with E-state index in [0.717, 1.165) is 28.3 Å². The summed E-state index contributed by atoms with van der Waals surface area (Å²) in [5.41, 5.74) is 8.06. The summed E-state index contributed by atoms with van der Waals surface area (Å²) in [5.74, 6) is 1.54. The standard InChI is InChI=1S/C19H24N4OS/c1-12-13(2)25-19-17(12)18(22-16(23-19)8-9-20)21-15(11-24)10-14-6-4-3-5-7-14/h3-7,15,24H,8-11,20H2,1-2H3,(H,21,22,23)/t15-/m1/s1. The highest BCUT2D eigenvalue weighted by atomic mass is 32.1. The third-order valence-corrected chi connectivity index (χ3v) is 5.43. The van der Waals surface area contributed by atoms with Crippen LogP contribution in [0.2, 0.25) is 0 Å². The minimum absolute atomic E-state index is 0.0365. The molecule has 0 saturated carbocycles. The Morgan fingerprint density at radius 1 is 1.20 bits per heavy atom. The number of rotatable bonds is 7. The van der Waals surface area contributed by atoms with E-state index in [4.69, 9.17) is 5.73 Å². The van der Waals surface area contributed by atoms with E-state index in [1.165, 1.54) is 16.0 Å². The molecule has 2 heterocycles. The normalized spacial score (nSPS) is 12.5. The van der Waals surface area contributed by atoms with Crippen molar-refractivity contribution in [2.45, 2.75) is 32.7 Å². The fraction of sp³-hybridized carbons (Fsp3) is 0.368. The van der Waals surface area contributed by atoms with Gasteiger partial charge in [0, 0.05) is 11.3 Å². The molecule has 0 aliphatic heterocycles. The molecule has 1 aromatic carbocycles. The third kappa shape index (κ3) is 3.98. The number of nitrogens with one attached hydrogen (secondary N) is 1. The van der Waals surface area contributed by atoms with Crippen molar-refractivity contribution >= 4 is 27.4 Å². The van der Waals surface area contributed by atoms with E-state index in [1.807, 2.05) is 18.2 Å². The van der Waals surface area contributed by atoms with Crippen LogP contribution in [0.3, 0.4) is 0 Å². The molecule has 0 aliphatic rings. The van der Waals surface area contributed by atoms with Crippen molar-refractivity contribution < 1.29 is 5.11 Å². The molecule has 25 heavy (non-hydrogen) atoms. The molecule has 132 valence electrons. The Balaban J connectivity index is 1.95. The molecule has 1 atom stereocenters. The summed E-state index contributed by atoms with van der Waals surface area (Å²) in [7, 11) is 0. The van der Waals surface area contributed by atoms with Crippen LogP contribution in [-0.2, 0) is 12.8 Å². The number of aliphatic hydroxyl groups is 1. The number of anilines is 1. The average molecular weight is 356 g/mol. The Kier molecular flexibility index (Phi) is 5.63. The Morgan fingerprint density at radius 2 is 1.96 bits per heavy atom. The summed E-state index contributed by atoms with van der Waals surface area (Å²) in [6.45, 7) is 4.74. The minimum Gasteiger partial charge on any atom is -0.394 e. The van der Waals surface area contributed by atoms with Crippen LogP contribution < -0.4 is 11.1 Å². The smallest absolute Gasteiger partial charge is 0.139 e. The zero-order valence-electron chi connectivity index (χ0n) is 14.6. The largest absolute Gasteiger partial charge is 0.394 e. The van der Waals surface area contributed by atoms with E-state index in [0.29, 0.717) is 13.0 Å². The van der Waals surface area contributed by atoms with Crippen molar-refractivity contribution in [3.63, 3.8) is 0 Å². The first-order valence-corrected chi connectivity index (χ1v) is 9.32. The Labute approximate surface area is 151 Å². The van der Waals surface area contributed by atoms with Gasteiger partial charge in [0.2, 0.25) is 0 Å². The molecule has 0 spiro atoms. The number of fused-ring (bicyclic) bond motifs is 1. The molecule has 0 aliphatic carbocycles. The first kappa shape index (κ1) is 17.8. The van der Waals surface area contributed by atoms with Crippen molar-refractivity contribution in [2.24, 2.45) is 5.73 Å². The topological polar surface area (TPSA) is 84.1 Å². The number of nitrogens with two attached hydrogens (primary N) is 1. The molecule has 0 bridgehead atoms. The number of benzene rings is 1. The van der Waals surface area contributed by atoms with Crippen molar-refractivity contribution in [3.05, 3.63) is 52.2 Å². The summed E-state index contributed by atoms with van der Waals surface area (Å²) in [4.78, 5) is 11.6. The van der Waals surface area contributed by atoms with Crippen molar-refractivity contribution in [3.8, 4) is 0 Å². The minimum atomic E-state index is -0.106. The SMILES string of the molecule is Cc1sc2nc(CCN)nc(N[C@@H](CO)Cc3ccccc3)c2c1C. The lowest BCUT2D eigenvalue weighted by Crippen LogP contribution is -2.27. The molecule has 5 nitrogen and oxygen atoms in total. The number of hydrogen-bond acceptors (Lipinski definition) is 6. The van der Waals surface area contributed by atoms with Gasteiger partial charge in [0.25, 0.3) is 0 Å². The maximum atomic E-state index is 9.84. The number of hydrogen-bond donors (Lipinski definition) is 3. The van der Waals surface area contributed by atoms with E-state index >= 15 is 0 Å². The van der Waals surface area contributed by atoms with Crippen LogP contribution in [0.5, 0.6) is 0 Å². The molecule has 0 radical (unpaired) electrons. The van der Waals surface area contributed by atoms with Gasteiger partial charge in [-0.05, 0) is 37.9 Å². The van der Waals surface area contributed by atoms with Crippen molar-refractivity contribution in [2.75, 3.05) is 18.5 Å². The molecule has 2 aromatic heterocycles. The van der Waals surface area contributed by atoms with Gasteiger partial charge < -0.3 is 16.2 Å². The van der Waals surface area contributed by atoms with Crippen LogP contribution >= 0.6 is 11.3 Å². The number of aromatic nitrogens is 2. The summed E-state index contributed by atoms with van der Waals surface area (Å²) >= 11 is 1.68. The van der Waals surface area contributed by atoms with E-state index in [2.05, 4.69) is 41.3 Å². The van der Waals surface area contributed by atoms with Gasteiger partial charge in [0.1, 0.15) is 16.5 Å². The van der Waals surface area contributed by atoms with Crippen molar-refractivity contribution in [1.29, 1.82) is 0 Å². The first-order chi connectivity index (χ1) is 12.1. The fourth-order valence-electron chi connectivity index (χ4n) is 2.89. The lowest BCUT2D eigenvalue weighted by atomic mass is 10.1. The van der Waals surface area contributed by atoms with Gasteiger partial charge in [-0.25, -0.2) is 9.97 Å². The zero-order chi connectivity index (χ0) is 17.8. The Hall–Kier alpha value is -2.02. The van der Waals surface area contributed by atoms with Gasteiger partial charge in [-0.2, -0.15) is 0 Å². The molecule has 3 rings (SSSR count). The summed E-state index contributed by atoms with van der Waals surface area (Å²) < 4.78 is 0. The molecular formula is C19H24N4OS. The molecule has 0 amide bonds. The Bertz CT molecular complexity index is 848. The van der Waals surface area contributed by atoms with Crippen LogP contribution in [0.1, 0.15) is 21.8 Å². The van der Waals surface area contributed by atoms with Gasteiger partial charge in [0.15, 0.2) is 0 Å². The van der Waals surface area contributed by atoms with E-state index in [-0.39, 0.29) is 12.6 Å². The highest BCUT2D eigenvalue weighted by Gasteiger charge is 2.17. The van der Waals surface area contributed by atoms with Gasteiger partial charge >= 0.3 is 0 Å². The van der Waals surface area contributed by atoms with Gasteiger partial charge in [-0.1, -0.05) is 30.3 Å². The molecular weight excluding hydrogens is 332 g/mol. The predicted octanol–water partition coefficient (Wildman–Crippen LogP) is 2.82. The third-order valence-electron chi connectivity index (χ3n) is 4.33. The highest BCUT2D eigenvalue weighted by Crippen LogP contribution is 2.33. The maximum absolute atomic E-state index is 9.84. The number of thiophene rings is 1. The average Bonchev–Trinajstić information content (AvgIpc) is 2.90. The van der Waals surface area contributed by atoms with Crippen LogP contribution in [0, 0.1) is 13.8 Å². The monoisotopic (exact) mass is 356 g/mol. The molecule has 3 aromatic rings. The van der Waals surface area contributed by atoms with Crippen LogP contribution in [0.4, 0.5) is 5.82 Å². The Morgan fingerprint density at radius 3 is 2.64 bits per heavy atom. The van der Waals surface area contributed by atoms with Crippen LogP contribution in [0.25, 0.3) is 10.2 Å². The quantitative estimate of drug-likeness (QED) is 0.606. The van der Waals surface area contributed by atoms with Gasteiger partial charge in [0.05, 0.1) is 18.0 Å². The van der Waals surface area contributed by atoms with Crippen molar-refractivity contribution in [1.82, 2.24) is 9.97 Å².